The summed E-state index contributed by atoms with van der Waals surface area (Å²) in [6.07, 6.45) is 0.156. The Hall–Kier alpha value is -4.17. The summed E-state index contributed by atoms with van der Waals surface area (Å²) in [7, 11) is 0. The Labute approximate surface area is 254 Å². The molecule has 0 aliphatic heterocycles. The Balaban J connectivity index is 1.34. The summed E-state index contributed by atoms with van der Waals surface area (Å²) in [5, 5.41) is 15.2. The van der Waals surface area contributed by atoms with Crippen LogP contribution in [0.3, 0.4) is 0 Å². The van der Waals surface area contributed by atoms with E-state index >= 15 is 0 Å². The molecule has 2 aromatic carbocycles. The van der Waals surface area contributed by atoms with Gasteiger partial charge in [0.1, 0.15) is 17.2 Å². The van der Waals surface area contributed by atoms with Crippen LogP contribution in [0, 0.1) is 5.92 Å². The molecular weight excluding hydrogens is 603 g/mol. The van der Waals surface area contributed by atoms with E-state index in [1.165, 1.54) is 18.2 Å². The van der Waals surface area contributed by atoms with Gasteiger partial charge in [-0.2, -0.15) is 13.2 Å². The van der Waals surface area contributed by atoms with Crippen LogP contribution in [-0.4, -0.2) is 34.2 Å². The monoisotopic (exact) mass is 634 g/mol. The van der Waals surface area contributed by atoms with E-state index in [1.807, 2.05) is 5.32 Å². The van der Waals surface area contributed by atoms with Crippen LogP contribution in [0.15, 0.2) is 52.0 Å². The number of nitrogens with two attached hydrogens (primary N) is 1. The number of nitrogens with zero attached hydrogens (tertiary/aromatic N) is 2. The number of hydrogen-bond donors (Lipinski definition) is 3. The first-order valence-electron chi connectivity index (χ1n) is 14.3. The van der Waals surface area contributed by atoms with Crippen molar-refractivity contribution in [1.29, 1.82) is 0 Å². The maximum atomic E-state index is 14.5. The number of amides is 2. The van der Waals surface area contributed by atoms with E-state index in [4.69, 9.17) is 20.1 Å². The highest BCUT2D eigenvalue weighted by Gasteiger charge is 2.41. The minimum Gasteiger partial charge on any atom is -0.478 e. The predicted molar refractivity (Wildman–Crippen MR) is 153 cm³/mol. The lowest BCUT2D eigenvalue weighted by Gasteiger charge is -2.41. The molecule has 0 radical (unpaired) electrons. The van der Waals surface area contributed by atoms with Gasteiger partial charge in [-0.1, -0.05) is 35.8 Å². The van der Waals surface area contributed by atoms with Crippen molar-refractivity contribution in [2.45, 2.75) is 75.8 Å². The topological polar surface area (TPSA) is 140 Å². The summed E-state index contributed by atoms with van der Waals surface area (Å²) in [6, 6.07) is 7.07. The van der Waals surface area contributed by atoms with Crippen molar-refractivity contribution in [1.82, 2.24) is 5.16 Å². The number of nitrogens with one attached hydrogen (secondary N) is 1. The number of carbonyl (C=O) groups excluding carboxylic acids is 1. The summed E-state index contributed by atoms with van der Waals surface area (Å²) < 4.78 is 81.4. The number of halogens is 5. The molecule has 1 aromatic heterocycles. The number of alkyl halides is 5. The number of carboxylic acids is 1. The molecule has 5 rings (SSSR count). The third-order valence-electron chi connectivity index (χ3n) is 8.14. The zero-order chi connectivity index (χ0) is 32.6. The highest BCUT2D eigenvalue weighted by molar-refractivity contribution is 5.96. The van der Waals surface area contributed by atoms with Crippen LogP contribution >= 0.6 is 0 Å². The number of rotatable bonds is 11. The summed E-state index contributed by atoms with van der Waals surface area (Å²) in [5.41, 5.74) is 3.48. The fraction of sp³-hybridized carbons (Fsp3) is 0.419. The van der Waals surface area contributed by atoms with E-state index in [-0.39, 0.29) is 41.7 Å². The van der Waals surface area contributed by atoms with Crippen molar-refractivity contribution in [2.24, 2.45) is 16.6 Å². The maximum Gasteiger partial charge on any atom is 0.418 e. The molecule has 2 fully saturated rings. The summed E-state index contributed by atoms with van der Waals surface area (Å²) in [4.78, 5) is 27.3. The highest BCUT2D eigenvalue weighted by atomic mass is 19.4. The summed E-state index contributed by atoms with van der Waals surface area (Å²) >= 11 is 0. The molecule has 3 aromatic rings. The molecule has 240 valence electrons. The van der Waals surface area contributed by atoms with E-state index in [0.717, 1.165) is 57.4 Å². The molecule has 1 atom stereocenters. The van der Waals surface area contributed by atoms with E-state index in [2.05, 4.69) is 10.1 Å². The quantitative estimate of drug-likeness (QED) is 0.111. The first kappa shape index (κ1) is 32.2. The zero-order valence-corrected chi connectivity index (χ0v) is 24.2. The number of hydrogen-bond acceptors (Lipinski definition) is 6. The number of urea groups is 1. The van der Waals surface area contributed by atoms with Gasteiger partial charge in [0.05, 0.1) is 23.4 Å². The molecule has 0 saturated heterocycles. The smallest absolute Gasteiger partial charge is 0.418 e. The van der Waals surface area contributed by atoms with E-state index < -0.39 is 46.6 Å². The Morgan fingerprint density at radius 2 is 1.82 bits per heavy atom. The molecule has 2 saturated carbocycles. The minimum absolute atomic E-state index is 0.0754. The molecule has 1 unspecified atom stereocenters. The molecule has 0 spiro atoms. The van der Waals surface area contributed by atoms with Gasteiger partial charge in [0, 0.05) is 48.1 Å². The van der Waals surface area contributed by atoms with Crippen LogP contribution in [0.1, 0.15) is 84.2 Å². The Morgan fingerprint density at radius 1 is 1.11 bits per heavy atom. The second-order valence-electron chi connectivity index (χ2n) is 11.5. The van der Waals surface area contributed by atoms with Gasteiger partial charge in [-0.25, -0.2) is 23.4 Å². The zero-order valence-electron chi connectivity index (χ0n) is 24.2. The first-order chi connectivity index (χ1) is 21.2. The molecule has 1 heterocycles. The average molecular weight is 635 g/mol. The number of ether oxygens (including phenoxy) is 1. The largest absolute Gasteiger partial charge is 0.478 e. The standard InChI is InChI=1S/C31H31F5N4O5/c1-29(32,33)22-8-3-2-7-20(22)25-21(26(45-40-25)17-9-10-17)16-44-30(37,19-5-4-6-19)13-14-38-28(43)39-24-12-11-18(27(41)42)15-23(24)31(34,35)36/h2-3,7-8,11-12,14-15,17,19H,4-6,9-10,13,16,37H2,1H3,(H,39,43)(H,41,42)/b38-14+. The second kappa shape index (κ2) is 12.3. The van der Waals surface area contributed by atoms with Crippen LogP contribution < -0.4 is 11.1 Å². The Kier molecular flexibility index (Phi) is 8.82. The third-order valence-corrected chi connectivity index (χ3v) is 8.14. The summed E-state index contributed by atoms with van der Waals surface area (Å²) in [5.74, 6) is -4.22. The van der Waals surface area contributed by atoms with E-state index in [9.17, 15) is 31.5 Å². The van der Waals surface area contributed by atoms with E-state index in [0.29, 0.717) is 17.4 Å². The average Bonchev–Trinajstić information content (AvgIpc) is 3.68. The Morgan fingerprint density at radius 3 is 2.42 bits per heavy atom. The molecule has 2 amide bonds. The van der Waals surface area contributed by atoms with Crippen LogP contribution in [0.5, 0.6) is 0 Å². The Bertz CT molecular complexity index is 1610. The van der Waals surface area contributed by atoms with Crippen molar-refractivity contribution in [2.75, 3.05) is 5.32 Å². The molecule has 2 aliphatic carbocycles. The molecular formula is C31H31F5N4O5. The molecule has 45 heavy (non-hydrogen) atoms. The SMILES string of the molecule is CC(F)(F)c1ccccc1-c1noc(C2CC2)c1COC(N)(C/C=N/C(=O)Nc1ccc(C(=O)O)cc1C(F)(F)F)C1CCC1. The van der Waals surface area contributed by atoms with Gasteiger partial charge in [-0.3, -0.25) is 0 Å². The number of benzene rings is 2. The van der Waals surface area contributed by atoms with Crippen molar-refractivity contribution in [3.05, 3.63) is 70.5 Å². The van der Waals surface area contributed by atoms with Gasteiger partial charge in [0.25, 0.3) is 5.92 Å². The first-order valence-corrected chi connectivity index (χ1v) is 14.3. The minimum atomic E-state index is -4.93. The van der Waals surface area contributed by atoms with Gasteiger partial charge < -0.3 is 25.4 Å². The van der Waals surface area contributed by atoms with Gasteiger partial charge in [0.2, 0.25) is 0 Å². The predicted octanol–water partition coefficient (Wildman–Crippen LogP) is 7.71. The lowest BCUT2D eigenvalue weighted by atomic mass is 9.76. The maximum absolute atomic E-state index is 14.5. The lowest BCUT2D eigenvalue weighted by molar-refractivity contribution is -0.136. The molecule has 14 heteroatoms. The fourth-order valence-electron chi connectivity index (χ4n) is 5.30. The molecule has 9 nitrogen and oxygen atoms in total. The van der Waals surface area contributed by atoms with Crippen LogP contribution in [-0.2, 0) is 23.4 Å². The van der Waals surface area contributed by atoms with Crippen molar-refractivity contribution in [3.63, 3.8) is 0 Å². The van der Waals surface area contributed by atoms with Gasteiger partial charge in [-0.05, 0) is 43.9 Å². The van der Waals surface area contributed by atoms with Gasteiger partial charge in [-0.15, -0.1) is 0 Å². The molecule has 4 N–H and O–H groups in total. The van der Waals surface area contributed by atoms with E-state index in [1.54, 1.807) is 6.07 Å². The van der Waals surface area contributed by atoms with Crippen molar-refractivity contribution in [3.8, 4) is 11.3 Å². The number of aromatic carboxylic acids is 1. The second-order valence-corrected chi connectivity index (χ2v) is 11.5. The number of aliphatic imine (C=N–C) groups is 1. The fourth-order valence-corrected chi connectivity index (χ4v) is 5.30. The van der Waals surface area contributed by atoms with Gasteiger partial charge in [0.15, 0.2) is 0 Å². The van der Waals surface area contributed by atoms with Gasteiger partial charge >= 0.3 is 18.2 Å². The summed E-state index contributed by atoms with van der Waals surface area (Å²) in [6.45, 7) is 0.683. The third kappa shape index (κ3) is 7.22. The van der Waals surface area contributed by atoms with Crippen LogP contribution in [0.25, 0.3) is 11.3 Å². The normalized spacial score (nSPS) is 17.2. The van der Waals surface area contributed by atoms with Crippen LogP contribution in [0.4, 0.5) is 32.4 Å². The number of carbonyl (C=O) groups is 2. The highest BCUT2D eigenvalue weighted by Crippen LogP contribution is 2.46. The number of anilines is 1. The number of carboxylic acid groups (broad SMARTS) is 1. The van der Waals surface area contributed by atoms with Crippen molar-refractivity contribution >= 4 is 23.9 Å². The van der Waals surface area contributed by atoms with Crippen molar-refractivity contribution < 1.29 is 45.9 Å². The number of aromatic nitrogens is 1. The molecule has 2 aliphatic rings. The van der Waals surface area contributed by atoms with Crippen LogP contribution in [0.2, 0.25) is 0 Å². The lowest BCUT2D eigenvalue weighted by Crippen LogP contribution is -2.52. The molecule has 0 bridgehead atoms.